The molecule has 2 heterocycles. The van der Waals surface area contributed by atoms with Gasteiger partial charge >= 0.3 is 6.18 Å². The third kappa shape index (κ3) is 5.52. The van der Waals surface area contributed by atoms with E-state index in [0.29, 0.717) is 5.56 Å². The van der Waals surface area contributed by atoms with Crippen molar-refractivity contribution in [3.63, 3.8) is 0 Å². The molecule has 13 heteroatoms. The van der Waals surface area contributed by atoms with Crippen molar-refractivity contribution in [2.75, 3.05) is 6.26 Å². The molecule has 38 heavy (non-hydrogen) atoms. The molecule has 198 valence electrons. The number of carbonyl (C=O) groups excluding carboxylic acids is 1. The van der Waals surface area contributed by atoms with Crippen LogP contribution in [0.2, 0.25) is 0 Å². The van der Waals surface area contributed by atoms with Gasteiger partial charge in [-0.25, -0.2) is 8.42 Å². The molecule has 1 N–H and O–H groups in total. The number of hydrogen-bond acceptors (Lipinski definition) is 7. The largest absolute Gasteiger partial charge is 0.416 e. The van der Waals surface area contributed by atoms with Crippen molar-refractivity contribution in [1.82, 2.24) is 20.0 Å². The second-order valence-electron chi connectivity index (χ2n) is 8.49. The molecule has 0 atom stereocenters. The van der Waals surface area contributed by atoms with Gasteiger partial charge in [-0.1, -0.05) is 23.4 Å². The average molecular weight is 547 g/mol. The summed E-state index contributed by atoms with van der Waals surface area (Å²) < 4.78 is 69.6. The van der Waals surface area contributed by atoms with E-state index in [0.717, 1.165) is 29.0 Å². The molecule has 9 nitrogen and oxygen atoms in total. The Bertz CT molecular complexity index is 1690. The number of nitrogens with zero attached hydrogens (tertiary/aromatic N) is 3. The third-order valence-corrected chi connectivity index (χ3v) is 6.81. The van der Waals surface area contributed by atoms with Crippen LogP contribution in [0, 0.1) is 13.8 Å². The standard InChI is InChI=1S/C25H21F3N4O5S/c1-14-20(23-30-15(2)31-37-23)12-21(22(33)29-13-16-7-9-19(10-8-16)38(3,35)36)24(34)32(14)18-6-4-5-17(11-18)25(26,27)28/h4-12H,13H2,1-3H3,(H,29,33). The molecule has 1 amide bonds. The first-order chi connectivity index (χ1) is 17.8. The fraction of sp³-hybridized carbons (Fsp3) is 0.200. The van der Waals surface area contributed by atoms with Gasteiger partial charge in [-0.3, -0.25) is 14.2 Å². The van der Waals surface area contributed by atoms with E-state index in [1.54, 1.807) is 6.92 Å². The molecular formula is C25H21F3N4O5S. The van der Waals surface area contributed by atoms with Crippen molar-refractivity contribution >= 4 is 15.7 Å². The van der Waals surface area contributed by atoms with E-state index >= 15 is 0 Å². The van der Waals surface area contributed by atoms with E-state index in [9.17, 15) is 31.2 Å². The molecule has 0 bridgehead atoms. The lowest BCUT2D eigenvalue weighted by Gasteiger charge is -2.16. The number of carbonyl (C=O) groups is 1. The molecule has 4 aromatic rings. The van der Waals surface area contributed by atoms with Gasteiger partial charge in [0.2, 0.25) is 0 Å². The number of benzene rings is 2. The minimum atomic E-state index is -4.65. The van der Waals surface area contributed by atoms with Crippen LogP contribution in [0.4, 0.5) is 13.2 Å². The maximum atomic E-state index is 13.4. The number of alkyl halides is 3. The fourth-order valence-corrected chi connectivity index (χ4v) is 4.38. The Morgan fingerprint density at radius 3 is 2.34 bits per heavy atom. The first kappa shape index (κ1) is 26.8. The lowest BCUT2D eigenvalue weighted by molar-refractivity contribution is -0.137. The molecule has 0 fully saturated rings. The summed E-state index contributed by atoms with van der Waals surface area (Å²) in [6.07, 6.45) is -3.58. The zero-order valence-electron chi connectivity index (χ0n) is 20.3. The maximum Gasteiger partial charge on any atom is 0.416 e. The number of amides is 1. The normalized spacial score (nSPS) is 11.9. The van der Waals surface area contributed by atoms with E-state index in [1.165, 1.54) is 43.3 Å². The maximum absolute atomic E-state index is 13.4. The van der Waals surface area contributed by atoms with E-state index in [1.807, 2.05) is 0 Å². The Morgan fingerprint density at radius 2 is 1.76 bits per heavy atom. The van der Waals surface area contributed by atoms with Crippen LogP contribution < -0.4 is 10.9 Å². The van der Waals surface area contributed by atoms with Crippen LogP contribution >= 0.6 is 0 Å². The molecule has 0 saturated heterocycles. The summed E-state index contributed by atoms with van der Waals surface area (Å²) >= 11 is 0. The summed E-state index contributed by atoms with van der Waals surface area (Å²) in [6, 6.07) is 11.2. The van der Waals surface area contributed by atoms with E-state index in [2.05, 4.69) is 15.5 Å². The molecule has 0 aliphatic heterocycles. The highest BCUT2D eigenvalue weighted by atomic mass is 32.2. The number of rotatable bonds is 6. The lowest BCUT2D eigenvalue weighted by atomic mass is 10.1. The topological polar surface area (TPSA) is 124 Å². The molecule has 0 aliphatic carbocycles. The SMILES string of the molecule is Cc1noc(-c2cc(C(=O)NCc3ccc(S(C)(=O)=O)cc3)c(=O)n(-c3cccc(C(F)(F)F)c3)c2C)n1. The fourth-order valence-electron chi connectivity index (χ4n) is 3.75. The molecule has 2 aromatic carbocycles. The average Bonchev–Trinajstić information content (AvgIpc) is 3.28. The highest BCUT2D eigenvalue weighted by Crippen LogP contribution is 2.31. The molecule has 0 spiro atoms. The minimum Gasteiger partial charge on any atom is -0.348 e. The van der Waals surface area contributed by atoms with Crippen molar-refractivity contribution in [2.24, 2.45) is 0 Å². The quantitative estimate of drug-likeness (QED) is 0.390. The van der Waals surface area contributed by atoms with Crippen molar-refractivity contribution in [3.05, 3.63) is 93.2 Å². The van der Waals surface area contributed by atoms with Crippen LogP contribution in [-0.4, -0.2) is 35.3 Å². The van der Waals surface area contributed by atoms with Gasteiger partial charge in [0.1, 0.15) is 5.56 Å². The Balaban J connectivity index is 1.77. The number of aryl methyl sites for hydroxylation is 1. The van der Waals surface area contributed by atoms with Crippen molar-refractivity contribution < 1.29 is 30.9 Å². The second kappa shape index (κ2) is 9.89. The third-order valence-electron chi connectivity index (χ3n) is 5.69. The van der Waals surface area contributed by atoms with Crippen LogP contribution in [0.1, 0.15) is 33.0 Å². The molecule has 0 radical (unpaired) electrons. The summed E-state index contributed by atoms with van der Waals surface area (Å²) in [5.41, 5.74) is -1.37. The van der Waals surface area contributed by atoms with Gasteiger partial charge in [0.15, 0.2) is 15.7 Å². The van der Waals surface area contributed by atoms with Crippen LogP contribution in [0.5, 0.6) is 0 Å². The monoisotopic (exact) mass is 546 g/mol. The highest BCUT2D eigenvalue weighted by Gasteiger charge is 2.31. The van der Waals surface area contributed by atoms with Crippen molar-refractivity contribution in [2.45, 2.75) is 31.5 Å². The zero-order chi connectivity index (χ0) is 27.8. The Labute approximate surface area is 214 Å². The number of hydrogen-bond donors (Lipinski definition) is 1. The molecule has 0 saturated carbocycles. The summed E-state index contributed by atoms with van der Waals surface area (Å²) in [5.74, 6) is -0.550. The molecule has 4 rings (SSSR count). The lowest BCUT2D eigenvalue weighted by Crippen LogP contribution is -2.33. The van der Waals surface area contributed by atoms with Gasteiger partial charge in [0, 0.05) is 24.2 Å². The molecular weight excluding hydrogens is 525 g/mol. The second-order valence-corrected chi connectivity index (χ2v) is 10.5. The van der Waals surface area contributed by atoms with Crippen LogP contribution in [0.3, 0.4) is 0 Å². The summed E-state index contributed by atoms with van der Waals surface area (Å²) in [4.78, 5) is 30.8. The van der Waals surface area contributed by atoms with Crippen LogP contribution in [0.15, 0.2) is 68.8 Å². The van der Waals surface area contributed by atoms with Crippen molar-refractivity contribution in [1.29, 1.82) is 0 Å². The first-order valence-electron chi connectivity index (χ1n) is 11.1. The van der Waals surface area contributed by atoms with Gasteiger partial charge in [-0.15, -0.1) is 0 Å². The van der Waals surface area contributed by atoms with Gasteiger partial charge in [-0.2, -0.15) is 18.2 Å². The Morgan fingerprint density at radius 1 is 1.08 bits per heavy atom. The molecule has 2 aromatic heterocycles. The smallest absolute Gasteiger partial charge is 0.348 e. The molecule has 0 unspecified atom stereocenters. The predicted octanol–water partition coefficient (Wildman–Crippen LogP) is 3.86. The summed E-state index contributed by atoms with van der Waals surface area (Å²) in [5, 5.41) is 6.30. The van der Waals surface area contributed by atoms with Gasteiger partial charge in [0.25, 0.3) is 17.4 Å². The van der Waals surface area contributed by atoms with E-state index in [-0.39, 0.29) is 45.7 Å². The predicted molar refractivity (Wildman–Crippen MR) is 131 cm³/mol. The Kier molecular flexibility index (Phi) is 6.98. The number of sulfone groups is 1. The summed E-state index contributed by atoms with van der Waals surface area (Å²) in [6.45, 7) is 3.00. The minimum absolute atomic E-state index is 0.0221. The molecule has 0 aliphatic rings. The number of halogens is 3. The van der Waals surface area contributed by atoms with Crippen molar-refractivity contribution in [3.8, 4) is 17.1 Å². The van der Waals surface area contributed by atoms with Gasteiger partial charge < -0.3 is 9.84 Å². The van der Waals surface area contributed by atoms with E-state index in [4.69, 9.17) is 4.52 Å². The van der Waals surface area contributed by atoms with Crippen LogP contribution in [-0.2, 0) is 22.6 Å². The highest BCUT2D eigenvalue weighted by molar-refractivity contribution is 7.90. The summed E-state index contributed by atoms with van der Waals surface area (Å²) in [7, 11) is -3.40. The first-order valence-corrected chi connectivity index (χ1v) is 13.0. The zero-order valence-corrected chi connectivity index (χ0v) is 21.1. The van der Waals surface area contributed by atoms with Crippen LogP contribution in [0.25, 0.3) is 17.1 Å². The Hall–Kier alpha value is -4.26. The van der Waals surface area contributed by atoms with Gasteiger partial charge in [0.05, 0.1) is 16.0 Å². The number of aromatic nitrogens is 3. The number of nitrogens with one attached hydrogen (secondary N) is 1. The number of pyridine rings is 1. The van der Waals surface area contributed by atoms with E-state index < -0.39 is 33.0 Å². The van der Waals surface area contributed by atoms with Gasteiger partial charge in [-0.05, 0) is 55.8 Å².